The Morgan fingerprint density at radius 3 is 2.43 bits per heavy atom. The van der Waals surface area contributed by atoms with Crippen LogP contribution >= 0.6 is 0 Å². The van der Waals surface area contributed by atoms with Gasteiger partial charge in [0, 0.05) is 12.1 Å². The maximum Gasteiger partial charge on any atom is 0.251 e. The van der Waals surface area contributed by atoms with Crippen molar-refractivity contribution in [3.05, 3.63) is 65.2 Å². The molecule has 122 valence electrons. The van der Waals surface area contributed by atoms with Crippen LogP contribution in [0.15, 0.2) is 53.4 Å². The van der Waals surface area contributed by atoms with E-state index < -0.39 is 10.0 Å². The second-order valence-electron chi connectivity index (χ2n) is 5.55. The van der Waals surface area contributed by atoms with Crippen LogP contribution in [0.1, 0.15) is 34.3 Å². The standard InChI is InChI=1S/C17H20N2O3S/c1-12-8-9-15(10-16(12)23(18,21)22)17(20)19-11-13(2)14-6-4-3-5-7-14/h3-10,13H,11H2,1-2H3,(H,19,20)(H2,18,21,22)/t13-/m0/s1. The van der Waals surface area contributed by atoms with Gasteiger partial charge < -0.3 is 5.32 Å². The highest BCUT2D eigenvalue weighted by Crippen LogP contribution is 2.16. The second kappa shape index (κ2) is 6.93. The van der Waals surface area contributed by atoms with Crippen molar-refractivity contribution in [2.75, 3.05) is 6.54 Å². The predicted octanol–water partition coefficient (Wildman–Crippen LogP) is 2.18. The average molecular weight is 332 g/mol. The third-order valence-electron chi connectivity index (χ3n) is 3.69. The van der Waals surface area contributed by atoms with E-state index in [-0.39, 0.29) is 22.3 Å². The summed E-state index contributed by atoms with van der Waals surface area (Å²) in [6.45, 7) is 4.11. The number of nitrogens with two attached hydrogens (primary N) is 1. The normalized spacial score (nSPS) is 12.7. The molecule has 0 saturated heterocycles. The van der Waals surface area contributed by atoms with Crippen LogP contribution in [-0.4, -0.2) is 20.9 Å². The summed E-state index contributed by atoms with van der Waals surface area (Å²) in [5.74, 6) is -0.166. The highest BCUT2D eigenvalue weighted by atomic mass is 32.2. The van der Waals surface area contributed by atoms with Gasteiger partial charge in [-0.2, -0.15) is 0 Å². The molecule has 1 amide bonds. The molecule has 3 N–H and O–H groups in total. The molecule has 0 aromatic heterocycles. The van der Waals surface area contributed by atoms with Crippen molar-refractivity contribution in [1.29, 1.82) is 0 Å². The number of amides is 1. The van der Waals surface area contributed by atoms with Gasteiger partial charge >= 0.3 is 0 Å². The minimum atomic E-state index is -3.84. The zero-order chi connectivity index (χ0) is 17.0. The number of benzene rings is 2. The number of carbonyl (C=O) groups excluding carboxylic acids is 1. The van der Waals surface area contributed by atoms with E-state index in [4.69, 9.17) is 5.14 Å². The Balaban J connectivity index is 2.10. The molecule has 0 fully saturated rings. The number of rotatable bonds is 5. The van der Waals surface area contributed by atoms with Crippen LogP contribution in [0.25, 0.3) is 0 Å². The van der Waals surface area contributed by atoms with Crippen molar-refractivity contribution in [3.63, 3.8) is 0 Å². The van der Waals surface area contributed by atoms with E-state index in [1.54, 1.807) is 19.1 Å². The van der Waals surface area contributed by atoms with Gasteiger partial charge in [-0.1, -0.05) is 43.3 Å². The Labute approximate surface area is 136 Å². The number of sulfonamides is 1. The molecule has 0 bridgehead atoms. The van der Waals surface area contributed by atoms with Gasteiger partial charge in [-0.3, -0.25) is 4.79 Å². The van der Waals surface area contributed by atoms with Crippen LogP contribution in [0.3, 0.4) is 0 Å². The highest BCUT2D eigenvalue weighted by Gasteiger charge is 2.15. The van der Waals surface area contributed by atoms with Gasteiger partial charge in [0.05, 0.1) is 4.90 Å². The van der Waals surface area contributed by atoms with E-state index in [9.17, 15) is 13.2 Å². The van der Waals surface area contributed by atoms with Gasteiger partial charge in [0.2, 0.25) is 10.0 Å². The first-order valence-electron chi connectivity index (χ1n) is 7.25. The average Bonchev–Trinajstić information content (AvgIpc) is 2.52. The van der Waals surface area contributed by atoms with Gasteiger partial charge in [0.15, 0.2) is 0 Å². The molecular formula is C17H20N2O3S. The van der Waals surface area contributed by atoms with E-state index in [1.807, 2.05) is 37.3 Å². The third-order valence-corrected chi connectivity index (χ3v) is 4.75. The highest BCUT2D eigenvalue weighted by molar-refractivity contribution is 7.89. The zero-order valence-electron chi connectivity index (χ0n) is 13.1. The van der Waals surface area contributed by atoms with E-state index in [0.717, 1.165) is 5.56 Å². The van der Waals surface area contributed by atoms with Crippen molar-refractivity contribution in [1.82, 2.24) is 5.32 Å². The molecule has 0 aliphatic rings. The van der Waals surface area contributed by atoms with Crippen molar-refractivity contribution in [2.45, 2.75) is 24.7 Å². The molecule has 0 heterocycles. The van der Waals surface area contributed by atoms with Gasteiger partial charge in [-0.05, 0) is 36.1 Å². The molecule has 2 rings (SSSR count). The zero-order valence-corrected chi connectivity index (χ0v) is 13.9. The predicted molar refractivity (Wildman–Crippen MR) is 89.7 cm³/mol. The maximum atomic E-state index is 12.2. The number of hydrogen-bond donors (Lipinski definition) is 2. The third kappa shape index (κ3) is 4.40. The lowest BCUT2D eigenvalue weighted by Gasteiger charge is -2.13. The monoisotopic (exact) mass is 332 g/mol. The minimum absolute atomic E-state index is 0.0266. The fraction of sp³-hybridized carbons (Fsp3) is 0.235. The summed E-state index contributed by atoms with van der Waals surface area (Å²) in [6, 6.07) is 14.3. The summed E-state index contributed by atoms with van der Waals surface area (Å²) >= 11 is 0. The molecule has 0 saturated carbocycles. The molecule has 6 heteroatoms. The van der Waals surface area contributed by atoms with Gasteiger partial charge in [-0.15, -0.1) is 0 Å². The molecule has 5 nitrogen and oxygen atoms in total. The van der Waals surface area contributed by atoms with Crippen LogP contribution in [0, 0.1) is 6.92 Å². The van der Waals surface area contributed by atoms with E-state index in [2.05, 4.69) is 5.32 Å². The molecule has 0 aliphatic carbocycles. The van der Waals surface area contributed by atoms with E-state index in [0.29, 0.717) is 12.1 Å². The lowest BCUT2D eigenvalue weighted by Crippen LogP contribution is -2.28. The Morgan fingerprint density at radius 2 is 1.83 bits per heavy atom. The molecule has 1 atom stereocenters. The number of aryl methyl sites for hydroxylation is 1. The lowest BCUT2D eigenvalue weighted by atomic mass is 10.0. The summed E-state index contributed by atoms with van der Waals surface area (Å²) < 4.78 is 23.1. The van der Waals surface area contributed by atoms with Crippen molar-refractivity contribution in [3.8, 4) is 0 Å². The Morgan fingerprint density at radius 1 is 1.17 bits per heavy atom. The van der Waals surface area contributed by atoms with E-state index >= 15 is 0 Å². The Kier molecular flexibility index (Phi) is 5.18. The number of nitrogens with one attached hydrogen (secondary N) is 1. The van der Waals surface area contributed by atoms with Gasteiger partial charge in [-0.25, -0.2) is 13.6 Å². The largest absolute Gasteiger partial charge is 0.351 e. The molecule has 0 radical (unpaired) electrons. The van der Waals surface area contributed by atoms with Crippen molar-refractivity contribution < 1.29 is 13.2 Å². The van der Waals surface area contributed by atoms with Gasteiger partial charge in [0.25, 0.3) is 5.91 Å². The van der Waals surface area contributed by atoms with Crippen molar-refractivity contribution in [2.24, 2.45) is 5.14 Å². The van der Waals surface area contributed by atoms with Crippen LogP contribution < -0.4 is 10.5 Å². The fourth-order valence-corrected chi connectivity index (χ4v) is 3.10. The molecule has 0 unspecified atom stereocenters. The number of hydrogen-bond acceptors (Lipinski definition) is 3. The summed E-state index contributed by atoms with van der Waals surface area (Å²) in [5, 5.41) is 7.99. The fourth-order valence-electron chi connectivity index (χ4n) is 2.30. The molecule has 23 heavy (non-hydrogen) atoms. The molecular weight excluding hydrogens is 312 g/mol. The molecule has 0 aliphatic heterocycles. The second-order valence-corrected chi connectivity index (χ2v) is 7.08. The van der Waals surface area contributed by atoms with Crippen LogP contribution in [0.5, 0.6) is 0 Å². The lowest BCUT2D eigenvalue weighted by molar-refractivity contribution is 0.0951. The smallest absolute Gasteiger partial charge is 0.251 e. The topological polar surface area (TPSA) is 89.3 Å². The Hall–Kier alpha value is -2.18. The first-order chi connectivity index (χ1) is 10.8. The first-order valence-corrected chi connectivity index (χ1v) is 8.80. The maximum absolute atomic E-state index is 12.2. The SMILES string of the molecule is Cc1ccc(C(=O)NC[C@H](C)c2ccccc2)cc1S(N)(=O)=O. The van der Waals surface area contributed by atoms with Gasteiger partial charge in [0.1, 0.15) is 0 Å². The molecule has 2 aromatic rings. The number of carbonyl (C=O) groups is 1. The summed E-state index contributed by atoms with van der Waals surface area (Å²) in [7, 11) is -3.84. The van der Waals surface area contributed by atoms with Crippen LogP contribution in [-0.2, 0) is 10.0 Å². The van der Waals surface area contributed by atoms with Crippen molar-refractivity contribution >= 4 is 15.9 Å². The van der Waals surface area contributed by atoms with E-state index in [1.165, 1.54) is 6.07 Å². The van der Waals surface area contributed by atoms with Crippen LogP contribution in [0.4, 0.5) is 0 Å². The first kappa shape index (κ1) is 17.2. The number of primary sulfonamides is 1. The van der Waals surface area contributed by atoms with Crippen LogP contribution in [0.2, 0.25) is 0 Å². The quantitative estimate of drug-likeness (QED) is 0.879. The molecule has 2 aromatic carbocycles. The summed E-state index contributed by atoms with van der Waals surface area (Å²) in [6.07, 6.45) is 0. The summed E-state index contributed by atoms with van der Waals surface area (Å²) in [4.78, 5) is 12.2. The molecule has 0 spiro atoms. The Bertz CT molecular complexity index is 802. The minimum Gasteiger partial charge on any atom is -0.351 e. The summed E-state index contributed by atoms with van der Waals surface area (Å²) in [5.41, 5.74) is 1.92.